The van der Waals surface area contributed by atoms with E-state index in [4.69, 9.17) is 16.2 Å². The van der Waals surface area contributed by atoms with Crippen LogP contribution in [0.3, 0.4) is 0 Å². The Morgan fingerprint density at radius 2 is 1.78 bits per heavy atom. The third-order valence-electron chi connectivity index (χ3n) is 14.9. The van der Waals surface area contributed by atoms with Gasteiger partial charge in [0.25, 0.3) is 11.8 Å². The van der Waals surface area contributed by atoms with Crippen LogP contribution in [0.4, 0.5) is 21.8 Å². The molecule has 1 aliphatic heterocycles. The number of carboxylic acid groups (broad SMARTS) is 1. The Labute approximate surface area is 401 Å². The minimum atomic E-state index is -1.96. The second-order valence-electron chi connectivity index (χ2n) is 18.9. The van der Waals surface area contributed by atoms with Crippen LogP contribution in [0.15, 0.2) is 78.5 Å². The van der Waals surface area contributed by atoms with E-state index in [0.717, 1.165) is 28.1 Å². The smallest absolute Gasteiger partial charge is 0.326 e. The summed E-state index contributed by atoms with van der Waals surface area (Å²) in [4.78, 5) is 70.1. The average Bonchev–Trinajstić information content (AvgIpc) is 3.92. The number of ether oxygens (including phenoxy) is 1. The van der Waals surface area contributed by atoms with E-state index < -0.39 is 52.2 Å². The number of nitrogen functional groups attached to an aromatic ring is 2. The lowest BCUT2D eigenvalue weighted by Crippen LogP contribution is -2.67. The fourth-order valence-corrected chi connectivity index (χ4v) is 13.3. The zero-order chi connectivity index (χ0) is 48.2. The van der Waals surface area contributed by atoms with Gasteiger partial charge in [0.15, 0.2) is 34.0 Å². The number of epoxide rings is 1. The number of allylic oxidation sites excluding steroid dienone is 4. The maximum Gasteiger partial charge on any atom is 0.326 e. The van der Waals surface area contributed by atoms with Crippen molar-refractivity contribution in [1.82, 2.24) is 30.6 Å². The number of amides is 2. The number of nitrogens with two attached hydrogens (primary N) is 2. The van der Waals surface area contributed by atoms with Gasteiger partial charge in [-0.05, 0) is 97.7 Å². The topological polar surface area (TPSA) is 252 Å². The lowest BCUT2D eigenvalue weighted by molar-refractivity contribution is -0.179. The summed E-state index contributed by atoms with van der Waals surface area (Å²) in [6.07, 6.45) is 6.81. The number of aromatic nitrogens is 4. The molecule has 1 unspecified atom stereocenters. The van der Waals surface area contributed by atoms with Crippen LogP contribution < -0.4 is 27.0 Å². The fraction of sp³-hybridized carbons (Fsp3) is 0.469. The molecule has 9 atom stereocenters. The zero-order valence-electron chi connectivity index (χ0n) is 38.1. The van der Waals surface area contributed by atoms with Gasteiger partial charge >= 0.3 is 5.97 Å². The van der Waals surface area contributed by atoms with E-state index >= 15 is 4.39 Å². The molecule has 4 aliphatic carbocycles. The van der Waals surface area contributed by atoms with E-state index in [2.05, 4.69) is 42.7 Å². The van der Waals surface area contributed by atoms with Crippen LogP contribution in [0.2, 0.25) is 0 Å². The van der Waals surface area contributed by atoms with Crippen molar-refractivity contribution in [3.8, 4) is 0 Å². The Kier molecular flexibility index (Phi) is 12.8. The molecule has 9 rings (SSSR count). The standard InChI is InChI=1S/C49H56FN9O7S2/c1-27-19-36-35-12-9-31-21-34(60)13-15-46(31,2)48(35,50)38(61)22-47(36)49(27,66-47)44(65)53-16-18-68-26-29-6-4-5-28(20-29)25-67-17-14-37(43(63)64)56-42(62)30-7-10-33(11-8-30)59(3)24-32-23-54-41-39(55-32)40(51)57-45(52)58-41/h4-8,10-11,13,15,20-21,23,27,35-38,61H,9,12,14,16-19,22,24-26H2,1-3H3,(H,53,65)(H,56,62)(H,63,64)(H4,51,52,54,57,58)/t27-,35?,36+,37+,38+,46+,47-,48+,49+/m1/s1. The van der Waals surface area contributed by atoms with Crippen molar-refractivity contribution < 1.29 is 38.5 Å². The minimum absolute atomic E-state index is 0.0178. The molecule has 8 N–H and O–H groups in total. The molecule has 68 heavy (non-hydrogen) atoms. The van der Waals surface area contributed by atoms with Crippen molar-refractivity contribution in [1.29, 1.82) is 0 Å². The highest BCUT2D eigenvalue weighted by Gasteiger charge is 2.88. The third kappa shape index (κ3) is 8.27. The van der Waals surface area contributed by atoms with Crippen LogP contribution in [0.1, 0.15) is 73.1 Å². The number of hydrogen-bond acceptors (Lipinski definition) is 15. The van der Waals surface area contributed by atoms with Gasteiger partial charge in [-0.15, -0.1) is 0 Å². The van der Waals surface area contributed by atoms with E-state index in [0.29, 0.717) is 72.0 Å². The maximum absolute atomic E-state index is 17.5. The first-order valence-electron chi connectivity index (χ1n) is 22.9. The molecule has 16 nitrogen and oxygen atoms in total. The highest BCUT2D eigenvalue weighted by Crippen LogP contribution is 2.76. The number of halogens is 1. The molecule has 0 radical (unpaired) electrons. The Balaban J connectivity index is 0.701. The number of aliphatic hydroxyl groups excluding tert-OH is 1. The summed E-state index contributed by atoms with van der Waals surface area (Å²) in [5.74, 6) is -0.0583. The molecule has 358 valence electrons. The molecule has 3 saturated carbocycles. The van der Waals surface area contributed by atoms with E-state index in [1.807, 2.05) is 31.0 Å². The van der Waals surface area contributed by atoms with E-state index in [9.17, 15) is 29.4 Å². The molecule has 0 bridgehead atoms. The molecule has 19 heteroatoms. The largest absolute Gasteiger partial charge is 0.480 e. The monoisotopic (exact) mass is 965 g/mol. The molecule has 2 aromatic carbocycles. The molecular weight excluding hydrogens is 910 g/mol. The van der Waals surface area contributed by atoms with Gasteiger partial charge in [0.05, 0.1) is 24.5 Å². The van der Waals surface area contributed by atoms with Crippen LogP contribution >= 0.6 is 23.5 Å². The van der Waals surface area contributed by atoms with Crippen molar-refractivity contribution in [3.05, 3.63) is 101 Å². The van der Waals surface area contributed by atoms with Gasteiger partial charge in [0.1, 0.15) is 11.6 Å². The molecule has 4 aromatic rings. The lowest BCUT2D eigenvalue weighted by atomic mass is 9.48. The number of aliphatic hydroxyl groups is 1. The highest BCUT2D eigenvalue weighted by molar-refractivity contribution is 7.98. The number of thioether (sulfide) groups is 2. The molecule has 5 aliphatic rings. The fourth-order valence-electron chi connectivity index (χ4n) is 11.5. The van der Waals surface area contributed by atoms with Crippen LogP contribution in [-0.4, -0.2) is 108 Å². The number of benzene rings is 2. The number of carbonyl (C=O) groups excluding carboxylic acids is 3. The van der Waals surface area contributed by atoms with Crippen LogP contribution in [0, 0.1) is 23.2 Å². The number of nitrogens with zero attached hydrogens (tertiary/aromatic N) is 5. The Morgan fingerprint density at radius 1 is 1.04 bits per heavy atom. The molecule has 3 heterocycles. The summed E-state index contributed by atoms with van der Waals surface area (Å²) < 4.78 is 23.9. The first-order chi connectivity index (χ1) is 32.5. The first kappa shape index (κ1) is 47.4. The maximum atomic E-state index is 17.5. The van der Waals surface area contributed by atoms with Gasteiger partial charge in [-0.2, -0.15) is 33.5 Å². The number of anilines is 3. The molecule has 4 fully saturated rings. The van der Waals surface area contributed by atoms with Crippen molar-refractivity contribution in [3.63, 3.8) is 0 Å². The Hall–Kier alpha value is -5.63. The Bertz CT molecular complexity index is 2730. The van der Waals surface area contributed by atoms with E-state index in [1.54, 1.807) is 67.0 Å². The highest BCUT2D eigenvalue weighted by atomic mass is 32.2. The van der Waals surface area contributed by atoms with Crippen molar-refractivity contribution in [2.45, 2.75) is 93.0 Å². The molecular formula is C49H56FN9O7S2. The summed E-state index contributed by atoms with van der Waals surface area (Å²) in [5.41, 5.74) is 11.9. The Morgan fingerprint density at radius 3 is 2.51 bits per heavy atom. The summed E-state index contributed by atoms with van der Waals surface area (Å²) in [5, 5.41) is 27.3. The number of ketones is 1. The zero-order valence-corrected chi connectivity index (χ0v) is 39.7. The SMILES string of the molecule is C[C@@H]1C[C@H]2C3CCC4=CC(=O)C=C[C@]4(C)[C@@]3(F)[C@@H](O)C[C@@]23O[C@]13C(=O)NCCSCc1cccc(CSCC[C@H](NC(=O)c2ccc(N(C)Cc3cnc4nc(N)nc(N)c4n3)cc2)C(=O)O)c1. The number of alkyl halides is 1. The number of nitrogens with one attached hydrogen (secondary N) is 2. The van der Waals surface area contributed by atoms with E-state index in [-0.39, 0.29) is 48.1 Å². The number of carbonyl (C=O) groups is 4. The van der Waals surface area contributed by atoms with Crippen molar-refractivity contribution in [2.75, 3.05) is 41.5 Å². The van der Waals surface area contributed by atoms with E-state index in [1.165, 1.54) is 12.2 Å². The van der Waals surface area contributed by atoms with Gasteiger partial charge in [-0.25, -0.2) is 19.2 Å². The van der Waals surface area contributed by atoms with Gasteiger partial charge in [-0.1, -0.05) is 42.8 Å². The predicted octanol–water partition coefficient (Wildman–Crippen LogP) is 5.19. The number of carboxylic acids is 1. The second-order valence-corrected chi connectivity index (χ2v) is 21.2. The average molecular weight is 966 g/mol. The quantitative estimate of drug-likeness (QED) is 0.0588. The molecule has 2 amide bonds. The van der Waals surface area contributed by atoms with Gasteiger partial charge in [-0.3, -0.25) is 14.4 Å². The summed E-state index contributed by atoms with van der Waals surface area (Å²) in [6, 6.07) is 14.0. The molecule has 1 spiro atoms. The molecule has 1 saturated heterocycles. The number of hydrogen-bond donors (Lipinski definition) is 6. The van der Waals surface area contributed by atoms with Gasteiger partial charge in [0.2, 0.25) is 5.95 Å². The van der Waals surface area contributed by atoms with Crippen molar-refractivity contribution >= 4 is 75.7 Å². The third-order valence-corrected chi connectivity index (χ3v) is 17.0. The number of fused-ring (bicyclic) bond motifs is 5. The normalized spacial score (nSPS) is 29.2. The predicted molar refractivity (Wildman–Crippen MR) is 259 cm³/mol. The van der Waals surface area contributed by atoms with Gasteiger partial charge < -0.3 is 42.0 Å². The minimum Gasteiger partial charge on any atom is -0.480 e. The molecule has 2 aromatic heterocycles. The lowest BCUT2D eigenvalue weighted by Gasteiger charge is -2.59. The second kappa shape index (κ2) is 18.4. The summed E-state index contributed by atoms with van der Waals surface area (Å²) >= 11 is 3.28. The van der Waals surface area contributed by atoms with Gasteiger partial charge in [0, 0.05) is 59.9 Å². The van der Waals surface area contributed by atoms with Crippen LogP contribution in [0.5, 0.6) is 0 Å². The van der Waals surface area contributed by atoms with Crippen molar-refractivity contribution in [2.24, 2.45) is 23.2 Å². The number of aliphatic carboxylic acids is 1. The summed E-state index contributed by atoms with van der Waals surface area (Å²) in [6.45, 7) is 4.60. The number of rotatable bonds is 17. The van der Waals surface area contributed by atoms with Crippen LogP contribution in [-0.2, 0) is 37.2 Å². The van der Waals surface area contributed by atoms with Crippen LogP contribution in [0.25, 0.3) is 11.2 Å². The first-order valence-corrected chi connectivity index (χ1v) is 25.2. The summed E-state index contributed by atoms with van der Waals surface area (Å²) in [7, 11) is 1.86.